The molecule has 0 aliphatic heterocycles. The van der Waals surface area contributed by atoms with E-state index in [0.717, 1.165) is 28.8 Å². The van der Waals surface area contributed by atoms with Gasteiger partial charge in [-0.15, -0.1) is 11.3 Å². The number of thiophene rings is 1. The van der Waals surface area contributed by atoms with Gasteiger partial charge in [-0.3, -0.25) is 14.2 Å². The van der Waals surface area contributed by atoms with E-state index < -0.39 is 0 Å². The van der Waals surface area contributed by atoms with Crippen LogP contribution in [0.1, 0.15) is 26.7 Å². The Hall–Kier alpha value is -2.91. The zero-order valence-corrected chi connectivity index (χ0v) is 19.6. The minimum absolute atomic E-state index is 0.0686. The first-order valence-electron chi connectivity index (χ1n) is 10.5. The van der Waals surface area contributed by atoms with Crippen LogP contribution in [0, 0.1) is 0 Å². The van der Waals surface area contributed by atoms with E-state index in [1.807, 2.05) is 31.2 Å². The van der Waals surface area contributed by atoms with Crippen LogP contribution in [0.5, 0.6) is 5.75 Å². The predicted molar refractivity (Wildman–Crippen MR) is 131 cm³/mol. The number of nitrogens with zero attached hydrogens (tertiary/aromatic N) is 3. The molecule has 4 aromatic rings. The quantitative estimate of drug-likeness (QED) is 0.277. The fourth-order valence-electron chi connectivity index (χ4n) is 3.29. The van der Waals surface area contributed by atoms with Crippen LogP contribution in [0.3, 0.4) is 0 Å². The number of unbranched alkanes of at least 4 members (excludes halogenated alkanes) is 1. The van der Waals surface area contributed by atoms with Gasteiger partial charge in [-0.25, -0.2) is 9.97 Å². The highest BCUT2D eigenvalue weighted by atomic mass is 32.2. The molecule has 0 unspecified atom stereocenters. The van der Waals surface area contributed by atoms with Crippen molar-refractivity contribution >= 4 is 55.1 Å². The lowest BCUT2D eigenvalue weighted by Gasteiger charge is -2.12. The third-order valence-electron chi connectivity index (χ3n) is 4.83. The highest BCUT2D eigenvalue weighted by Gasteiger charge is 2.17. The molecule has 0 bridgehead atoms. The van der Waals surface area contributed by atoms with E-state index in [2.05, 4.69) is 17.2 Å². The van der Waals surface area contributed by atoms with Crippen LogP contribution in [0.15, 0.2) is 52.5 Å². The fourth-order valence-corrected chi connectivity index (χ4v) is 5.14. The molecule has 4 rings (SSSR count). The molecular weight excluding hydrogens is 444 g/mol. The van der Waals surface area contributed by atoms with E-state index in [-0.39, 0.29) is 17.2 Å². The highest BCUT2D eigenvalue weighted by molar-refractivity contribution is 7.99. The number of rotatable bonds is 9. The Morgan fingerprint density at radius 1 is 1.22 bits per heavy atom. The van der Waals surface area contributed by atoms with Gasteiger partial charge in [0, 0.05) is 23.8 Å². The second-order valence-corrected chi connectivity index (χ2v) is 9.08. The Kier molecular flexibility index (Phi) is 7.06. The van der Waals surface area contributed by atoms with Crippen molar-refractivity contribution in [3.05, 3.63) is 52.9 Å². The number of nitrogens with one attached hydrogen (secondary N) is 1. The fraction of sp³-hybridized carbons (Fsp3) is 0.304. The lowest BCUT2D eigenvalue weighted by molar-refractivity contribution is -0.113. The molecule has 1 amide bonds. The summed E-state index contributed by atoms with van der Waals surface area (Å²) in [6, 6.07) is 11.0. The number of anilines is 1. The van der Waals surface area contributed by atoms with Gasteiger partial charge in [0.25, 0.3) is 5.56 Å². The number of benzene rings is 1. The van der Waals surface area contributed by atoms with Gasteiger partial charge in [-0.2, -0.15) is 0 Å². The summed E-state index contributed by atoms with van der Waals surface area (Å²) in [6.07, 6.45) is 3.54. The monoisotopic (exact) mass is 468 g/mol. The molecule has 0 radical (unpaired) electrons. The number of thioether (sulfide) groups is 1. The highest BCUT2D eigenvalue weighted by Crippen LogP contribution is 2.30. The van der Waals surface area contributed by atoms with E-state index in [1.165, 1.54) is 23.1 Å². The number of pyridine rings is 1. The Labute approximate surface area is 193 Å². The number of carbonyl (C=O) groups excluding carboxylic acids is 1. The van der Waals surface area contributed by atoms with E-state index in [0.29, 0.717) is 34.2 Å². The Morgan fingerprint density at radius 2 is 2.03 bits per heavy atom. The summed E-state index contributed by atoms with van der Waals surface area (Å²) in [7, 11) is 0. The molecule has 1 N–H and O–H groups in total. The molecule has 32 heavy (non-hydrogen) atoms. The van der Waals surface area contributed by atoms with Crippen molar-refractivity contribution in [2.75, 3.05) is 17.7 Å². The van der Waals surface area contributed by atoms with Gasteiger partial charge in [0.05, 0.1) is 17.9 Å². The number of hydrogen-bond donors (Lipinski definition) is 1. The molecule has 3 aromatic heterocycles. The molecule has 9 heteroatoms. The second-order valence-electron chi connectivity index (χ2n) is 7.13. The number of amides is 1. The van der Waals surface area contributed by atoms with Crippen molar-refractivity contribution in [3.63, 3.8) is 0 Å². The summed E-state index contributed by atoms with van der Waals surface area (Å²) < 4.78 is 7.73. The van der Waals surface area contributed by atoms with Crippen LogP contribution in [0.2, 0.25) is 0 Å². The molecular formula is C23H24N4O3S2. The predicted octanol–water partition coefficient (Wildman–Crippen LogP) is 4.94. The van der Waals surface area contributed by atoms with E-state index in [1.54, 1.807) is 22.9 Å². The van der Waals surface area contributed by atoms with Gasteiger partial charge >= 0.3 is 0 Å². The molecule has 7 nitrogen and oxygen atoms in total. The van der Waals surface area contributed by atoms with Gasteiger partial charge < -0.3 is 10.1 Å². The topological polar surface area (TPSA) is 86.1 Å². The van der Waals surface area contributed by atoms with Crippen LogP contribution in [0.4, 0.5) is 5.69 Å². The standard InChI is InChI=1S/C23H24N4O3S2/c1-3-5-13-27-22(29)20-19(17-7-6-12-24-21(17)32-20)26-23(27)31-14-18(28)25-15-8-10-16(11-9-15)30-4-2/h6-12H,3-5,13-14H2,1-2H3,(H,25,28). The number of aromatic nitrogens is 3. The maximum absolute atomic E-state index is 13.2. The summed E-state index contributed by atoms with van der Waals surface area (Å²) in [5.41, 5.74) is 1.28. The van der Waals surface area contributed by atoms with Crippen LogP contribution < -0.4 is 15.6 Å². The lowest BCUT2D eigenvalue weighted by Crippen LogP contribution is -2.23. The zero-order valence-electron chi connectivity index (χ0n) is 18.0. The summed E-state index contributed by atoms with van der Waals surface area (Å²) >= 11 is 2.65. The average Bonchev–Trinajstić information content (AvgIpc) is 3.18. The van der Waals surface area contributed by atoms with Gasteiger partial charge in [0.15, 0.2) is 5.16 Å². The molecule has 0 atom stereocenters. The maximum atomic E-state index is 13.2. The van der Waals surface area contributed by atoms with Crippen molar-refractivity contribution in [2.24, 2.45) is 0 Å². The lowest BCUT2D eigenvalue weighted by atomic mass is 10.3. The summed E-state index contributed by atoms with van der Waals surface area (Å²) in [4.78, 5) is 35.7. The number of carbonyl (C=O) groups is 1. The molecule has 0 saturated carbocycles. The van der Waals surface area contributed by atoms with E-state index in [4.69, 9.17) is 9.72 Å². The normalized spacial score (nSPS) is 11.2. The van der Waals surface area contributed by atoms with Gasteiger partial charge in [0.1, 0.15) is 15.3 Å². The molecule has 0 fully saturated rings. The summed E-state index contributed by atoms with van der Waals surface area (Å²) in [5.74, 6) is 0.750. The van der Waals surface area contributed by atoms with Crippen LogP contribution in [0.25, 0.3) is 20.4 Å². The number of fused-ring (bicyclic) bond motifs is 3. The van der Waals surface area contributed by atoms with Crippen LogP contribution in [-0.4, -0.2) is 32.8 Å². The van der Waals surface area contributed by atoms with Crippen molar-refractivity contribution < 1.29 is 9.53 Å². The van der Waals surface area contributed by atoms with Crippen LogP contribution in [-0.2, 0) is 11.3 Å². The Morgan fingerprint density at radius 3 is 2.78 bits per heavy atom. The Bertz CT molecular complexity index is 1300. The smallest absolute Gasteiger partial charge is 0.272 e. The number of hydrogen-bond acceptors (Lipinski definition) is 7. The van der Waals surface area contributed by atoms with Crippen molar-refractivity contribution in [3.8, 4) is 5.75 Å². The molecule has 0 aliphatic carbocycles. The van der Waals surface area contributed by atoms with Crippen molar-refractivity contribution in [2.45, 2.75) is 38.4 Å². The SMILES string of the molecule is CCCCn1c(SCC(=O)Nc2ccc(OCC)cc2)nc2c(sc3ncccc32)c1=O. The minimum Gasteiger partial charge on any atom is -0.494 e. The van der Waals surface area contributed by atoms with Gasteiger partial charge in [-0.05, 0) is 49.7 Å². The third kappa shape index (κ3) is 4.78. The van der Waals surface area contributed by atoms with Gasteiger partial charge in [0.2, 0.25) is 5.91 Å². The van der Waals surface area contributed by atoms with Crippen molar-refractivity contribution in [1.29, 1.82) is 0 Å². The first kappa shape index (κ1) is 22.3. The molecule has 0 spiro atoms. The minimum atomic E-state index is -0.160. The number of ether oxygens (including phenoxy) is 1. The average molecular weight is 469 g/mol. The van der Waals surface area contributed by atoms with E-state index >= 15 is 0 Å². The first-order valence-corrected chi connectivity index (χ1v) is 12.3. The van der Waals surface area contributed by atoms with Crippen molar-refractivity contribution in [1.82, 2.24) is 14.5 Å². The molecule has 3 heterocycles. The third-order valence-corrected chi connectivity index (χ3v) is 6.90. The molecule has 1 aromatic carbocycles. The largest absolute Gasteiger partial charge is 0.494 e. The van der Waals surface area contributed by atoms with E-state index in [9.17, 15) is 9.59 Å². The van der Waals surface area contributed by atoms with Crippen LogP contribution >= 0.6 is 23.1 Å². The summed E-state index contributed by atoms with van der Waals surface area (Å²) in [6.45, 7) is 5.17. The maximum Gasteiger partial charge on any atom is 0.272 e. The zero-order chi connectivity index (χ0) is 22.5. The molecule has 0 aliphatic rings. The summed E-state index contributed by atoms with van der Waals surface area (Å²) in [5, 5.41) is 4.31. The van der Waals surface area contributed by atoms with Gasteiger partial charge in [-0.1, -0.05) is 25.1 Å². The second kappa shape index (κ2) is 10.1. The first-order chi connectivity index (χ1) is 15.6. The molecule has 166 valence electrons. The Balaban J connectivity index is 1.57. The molecule has 0 saturated heterocycles.